The first-order chi connectivity index (χ1) is 8.65. The first kappa shape index (κ1) is 11.1. The third-order valence-electron chi connectivity index (χ3n) is 3.56. The average molecular weight is 239 g/mol. The fourth-order valence-corrected chi connectivity index (χ4v) is 2.30. The molecule has 0 aliphatic carbocycles. The number of benzene rings is 1. The summed E-state index contributed by atoms with van der Waals surface area (Å²) < 4.78 is 0. The molecule has 18 heavy (non-hydrogen) atoms. The zero-order valence-corrected chi connectivity index (χ0v) is 11.0. The molecule has 2 N–H and O–H groups in total. The number of nitrogens with zero attached hydrogens (tertiary/aromatic N) is 1. The molecule has 0 unspecified atom stereocenters. The summed E-state index contributed by atoms with van der Waals surface area (Å²) in [5.41, 5.74) is 7.13. The van der Waals surface area contributed by atoms with Gasteiger partial charge in [-0.1, -0.05) is 12.1 Å². The second-order valence-corrected chi connectivity index (χ2v) is 4.87. The quantitative estimate of drug-likeness (QED) is 0.736. The minimum atomic E-state index is 0.812. The standard InChI is InChI=1S/C15H17N3/c1-9-4-7-13-14(11(9)3)16-8-12-6-5-10(2)17-15(12)18-13/h4-7,16H,8H2,1-3H3,(H,17,18). The average Bonchev–Trinajstić information content (AvgIpc) is 2.53. The maximum absolute atomic E-state index is 4.57. The first-order valence-corrected chi connectivity index (χ1v) is 6.23. The summed E-state index contributed by atoms with van der Waals surface area (Å²) in [7, 11) is 0. The van der Waals surface area contributed by atoms with Crippen LogP contribution in [0.5, 0.6) is 0 Å². The summed E-state index contributed by atoms with van der Waals surface area (Å²) in [5.74, 6) is 0.963. The largest absolute Gasteiger partial charge is 0.379 e. The molecule has 0 spiro atoms. The Balaban J connectivity index is 2.12. The van der Waals surface area contributed by atoms with Crippen molar-refractivity contribution in [1.82, 2.24) is 4.98 Å². The molecule has 1 aromatic heterocycles. The van der Waals surface area contributed by atoms with Crippen molar-refractivity contribution >= 4 is 17.2 Å². The maximum atomic E-state index is 4.57. The number of nitrogens with one attached hydrogen (secondary N) is 2. The second kappa shape index (κ2) is 4.02. The van der Waals surface area contributed by atoms with E-state index in [0.29, 0.717) is 0 Å². The van der Waals surface area contributed by atoms with Crippen molar-refractivity contribution in [1.29, 1.82) is 0 Å². The molecular formula is C15H17N3. The van der Waals surface area contributed by atoms with Gasteiger partial charge in [-0.25, -0.2) is 4.98 Å². The fourth-order valence-electron chi connectivity index (χ4n) is 2.30. The highest BCUT2D eigenvalue weighted by atomic mass is 15.1. The van der Waals surface area contributed by atoms with Crippen LogP contribution in [0.15, 0.2) is 24.3 Å². The van der Waals surface area contributed by atoms with Gasteiger partial charge < -0.3 is 10.6 Å². The van der Waals surface area contributed by atoms with E-state index >= 15 is 0 Å². The molecule has 0 saturated carbocycles. The van der Waals surface area contributed by atoms with Gasteiger partial charge >= 0.3 is 0 Å². The lowest BCUT2D eigenvalue weighted by molar-refractivity contribution is 1.10. The maximum Gasteiger partial charge on any atom is 0.135 e. The monoisotopic (exact) mass is 239 g/mol. The van der Waals surface area contributed by atoms with Crippen LogP contribution in [0, 0.1) is 20.8 Å². The number of hydrogen-bond donors (Lipinski definition) is 2. The van der Waals surface area contributed by atoms with E-state index in [1.54, 1.807) is 0 Å². The Kier molecular flexibility index (Phi) is 2.47. The highest BCUT2D eigenvalue weighted by molar-refractivity contribution is 5.79. The molecule has 0 fully saturated rings. The highest BCUT2D eigenvalue weighted by Gasteiger charge is 2.15. The molecule has 2 heterocycles. The molecule has 0 amide bonds. The number of rotatable bonds is 0. The van der Waals surface area contributed by atoms with Gasteiger partial charge in [0.25, 0.3) is 0 Å². The van der Waals surface area contributed by atoms with Crippen LogP contribution in [-0.2, 0) is 6.54 Å². The van der Waals surface area contributed by atoms with Crippen molar-refractivity contribution in [3.05, 3.63) is 46.6 Å². The predicted octanol–water partition coefficient (Wildman–Crippen LogP) is 3.68. The lowest BCUT2D eigenvalue weighted by atomic mass is 10.1. The molecule has 0 saturated heterocycles. The topological polar surface area (TPSA) is 37.0 Å². The second-order valence-electron chi connectivity index (χ2n) is 4.87. The third-order valence-corrected chi connectivity index (χ3v) is 3.56. The van der Waals surface area contributed by atoms with Gasteiger partial charge in [-0.05, 0) is 44.0 Å². The van der Waals surface area contributed by atoms with E-state index in [2.05, 4.69) is 53.7 Å². The summed E-state index contributed by atoms with van der Waals surface area (Å²) in [6.45, 7) is 7.11. The van der Waals surface area contributed by atoms with Crippen molar-refractivity contribution in [2.24, 2.45) is 0 Å². The van der Waals surface area contributed by atoms with Crippen molar-refractivity contribution < 1.29 is 0 Å². The Labute approximate surface area is 107 Å². The Morgan fingerprint density at radius 2 is 1.89 bits per heavy atom. The van der Waals surface area contributed by atoms with Crippen LogP contribution < -0.4 is 10.6 Å². The van der Waals surface area contributed by atoms with Crippen molar-refractivity contribution in [3.63, 3.8) is 0 Å². The highest BCUT2D eigenvalue weighted by Crippen LogP contribution is 2.34. The minimum absolute atomic E-state index is 0.812. The van der Waals surface area contributed by atoms with Gasteiger partial charge in [-0.2, -0.15) is 0 Å². The van der Waals surface area contributed by atoms with Crippen LogP contribution in [0.3, 0.4) is 0 Å². The smallest absolute Gasteiger partial charge is 0.135 e. The van der Waals surface area contributed by atoms with Gasteiger partial charge in [-0.3, -0.25) is 0 Å². The number of pyridine rings is 1. The van der Waals surface area contributed by atoms with Crippen molar-refractivity contribution in [2.45, 2.75) is 27.3 Å². The van der Waals surface area contributed by atoms with Gasteiger partial charge in [0.1, 0.15) is 5.82 Å². The van der Waals surface area contributed by atoms with Crippen LogP contribution in [0.2, 0.25) is 0 Å². The van der Waals surface area contributed by atoms with E-state index in [1.807, 2.05) is 6.92 Å². The predicted molar refractivity (Wildman–Crippen MR) is 75.5 cm³/mol. The van der Waals surface area contributed by atoms with Crippen molar-refractivity contribution in [3.8, 4) is 0 Å². The van der Waals surface area contributed by atoms with Crippen LogP contribution in [-0.4, -0.2) is 4.98 Å². The first-order valence-electron chi connectivity index (χ1n) is 6.23. The van der Waals surface area contributed by atoms with Crippen molar-refractivity contribution in [2.75, 3.05) is 10.6 Å². The third kappa shape index (κ3) is 1.72. The number of fused-ring (bicyclic) bond motifs is 2. The van der Waals surface area contributed by atoms with Gasteiger partial charge in [0, 0.05) is 17.8 Å². The molecule has 1 aliphatic rings. The fraction of sp³-hybridized carbons (Fsp3) is 0.267. The zero-order valence-electron chi connectivity index (χ0n) is 11.0. The summed E-state index contributed by atoms with van der Waals surface area (Å²) in [4.78, 5) is 4.57. The van der Waals surface area contributed by atoms with Crippen LogP contribution in [0.1, 0.15) is 22.4 Å². The van der Waals surface area contributed by atoms with E-state index in [0.717, 1.165) is 23.7 Å². The normalized spacial score (nSPS) is 12.8. The number of hydrogen-bond acceptors (Lipinski definition) is 3. The lowest BCUT2D eigenvalue weighted by Crippen LogP contribution is -2.00. The Morgan fingerprint density at radius 3 is 2.72 bits per heavy atom. The van der Waals surface area contributed by atoms with E-state index in [1.165, 1.54) is 22.4 Å². The molecule has 3 rings (SSSR count). The number of aromatic nitrogens is 1. The van der Waals surface area contributed by atoms with E-state index in [4.69, 9.17) is 0 Å². The molecule has 1 aromatic carbocycles. The van der Waals surface area contributed by atoms with Gasteiger partial charge in [0.15, 0.2) is 0 Å². The molecule has 3 nitrogen and oxygen atoms in total. The molecule has 0 radical (unpaired) electrons. The lowest BCUT2D eigenvalue weighted by Gasteiger charge is -2.13. The molecule has 3 heteroatoms. The van der Waals surface area contributed by atoms with E-state index < -0.39 is 0 Å². The number of aryl methyl sites for hydroxylation is 2. The van der Waals surface area contributed by atoms with Gasteiger partial charge in [-0.15, -0.1) is 0 Å². The van der Waals surface area contributed by atoms with E-state index in [-0.39, 0.29) is 0 Å². The minimum Gasteiger partial charge on any atom is -0.379 e. The Morgan fingerprint density at radius 1 is 1.06 bits per heavy atom. The van der Waals surface area contributed by atoms with Crippen LogP contribution in [0.25, 0.3) is 0 Å². The Bertz CT molecular complexity index is 617. The Hall–Kier alpha value is -2.03. The molecule has 0 atom stereocenters. The SMILES string of the molecule is Cc1ccc2c(n1)Nc1ccc(C)c(C)c1NC2. The van der Waals surface area contributed by atoms with E-state index in [9.17, 15) is 0 Å². The van der Waals surface area contributed by atoms with Crippen LogP contribution >= 0.6 is 0 Å². The van der Waals surface area contributed by atoms with Crippen LogP contribution in [0.4, 0.5) is 17.2 Å². The van der Waals surface area contributed by atoms with Gasteiger partial charge in [0.2, 0.25) is 0 Å². The van der Waals surface area contributed by atoms with Gasteiger partial charge in [0.05, 0.1) is 11.4 Å². The zero-order chi connectivity index (χ0) is 12.7. The molecule has 92 valence electrons. The summed E-state index contributed by atoms with van der Waals surface area (Å²) >= 11 is 0. The summed E-state index contributed by atoms with van der Waals surface area (Å²) in [6.07, 6.45) is 0. The molecular weight excluding hydrogens is 222 g/mol. The molecule has 0 bridgehead atoms. The molecule has 2 aromatic rings. The number of anilines is 3. The molecule has 1 aliphatic heterocycles. The summed E-state index contributed by atoms with van der Waals surface area (Å²) in [5, 5.41) is 6.95. The summed E-state index contributed by atoms with van der Waals surface area (Å²) in [6, 6.07) is 8.44.